The highest BCUT2D eigenvalue weighted by Crippen LogP contribution is 2.55. The van der Waals surface area contributed by atoms with Gasteiger partial charge in [-0.05, 0) is 182 Å². The van der Waals surface area contributed by atoms with Crippen molar-refractivity contribution in [1.29, 1.82) is 0 Å². The zero-order valence-corrected chi connectivity index (χ0v) is 47.9. The highest BCUT2D eigenvalue weighted by molar-refractivity contribution is 5.96. The highest BCUT2D eigenvalue weighted by atomic mass is 16.6. The number of carbonyl (C=O) groups is 5. The van der Waals surface area contributed by atoms with Crippen LogP contribution in [0.2, 0.25) is 0 Å². The van der Waals surface area contributed by atoms with Gasteiger partial charge < -0.3 is 44.7 Å². The lowest BCUT2D eigenvalue weighted by molar-refractivity contribution is -0.158. The number of aromatic amines is 2. The van der Waals surface area contributed by atoms with Crippen LogP contribution < -0.4 is 10.6 Å². The second-order valence-electron chi connectivity index (χ2n) is 22.6. The molecule has 1 saturated carbocycles. The van der Waals surface area contributed by atoms with Crippen LogP contribution in [-0.4, -0.2) is 100 Å². The monoisotopic (exact) mass is 1070 g/mol. The largest absolute Gasteiger partial charge is 0.481 e. The lowest BCUT2D eigenvalue weighted by atomic mass is 9.61. The number of allylic oxidation sites excluding steroid dienone is 6. The molecule has 3 aromatic heterocycles. The molecule has 0 saturated heterocycles. The number of ether oxygens (including phenoxy) is 4. The number of amides is 2. The standard InChI is InChI=1S/C60H76N6O10.C2H6/c1-12-36-33(2)45-28-50-43-22-19-41(55(69)70)54(56(71)74-11)60(43,9)51(65-50)30-46-35(4)38(21-24-53(68)73-10)49(64-46)29-48-37(34(3)44(63-48)27-47(36)62-45)20-23-52(67)66-58(5,6)25-26-76-59(7,8)32-61-57(72)75-31-42-39-17-15-13-14-16-18-40(39)42;1-2/h12-14,22,27-30,39-42,54,62,64H,1,15-21,23-26,31-32H2,2-11H3,(H,61,72)(H,66,67)(H,69,70);1-2H3/b14-13-,44-27?,45-28?,46-30?,47-27?,48-29?,49-29?,50-28?,51-30?;. The van der Waals surface area contributed by atoms with Crippen molar-refractivity contribution < 1.29 is 48.0 Å². The zero-order valence-electron chi connectivity index (χ0n) is 47.9. The van der Waals surface area contributed by atoms with E-state index in [2.05, 4.69) is 39.3 Å². The molecule has 5 aliphatic rings. The van der Waals surface area contributed by atoms with E-state index in [9.17, 15) is 29.1 Å². The summed E-state index contributed by atoms with van der Waals surface area (Å²) in [6.07, 6.45) is 13.8. The van der Waals surface area contributed by atoms with E-state index in [0.717, 1.165) is 75.7 Å². The van der Waals surface area contributed by atoms with E-state index >= 15 is 0 Å². The van der Waals surface area contributed by atoms with Gasteiger partial charge in [0.1, 0.15) is 0 Å². The molecule has 5 atom stereocenters. The summed E-state index contributed by atoms with van der Waals surface area (Å²) in [5, 5.41) is 16.6. The van der Waals surface area contributed by atoms with Crippen LogP contribution in [0.1, 0.15) is 158 Å². The number of aliphatic carboxylic acids is 1. The fraction of sp³-hybridized carbons (Fsp3) is 0.532. The number of H-pyrrole nitrogens is 2. The Bertz CT molecular complexity index is 3070. The molecule has 5 unspecified atom stereocenters. The van der Waals surface area contributed by atoms with Crippen LogP contribution >= 0.6 is 0 Å². The van der Waals surface area contributed by atoms with Gasteiger partial charge in [0.15, 0.2) is 0 Å². The summed E-state index contributed by atoms with van der Waals surface area (Å²) in [5.41, 5.74) is 8.63. The number of hydrogen-bond donors (Lipinski definition) is 5. The molecule has 2 aliphatic heterocycles. The Morgan fingerprint density at radius 1 is 0.846 bits per heavy atom. The van der Waals surface area contributed by atoms with Crippen LogP contribution in [-0.2, 0) is 50.0 Å². The number of aromatic nitrogens is 4. The molecule has 78 heavy (non-hydrogen) atoms. The fourth-order valence-electron chi connectivity index (χ4n) is 12.0. The van der Waals surface area contributed by atoms with Gasteiger partial charge in [0.2, 0.25) is 5.91 Å². The summed E-state index contributed by atoms with van der Waals surface area (Å²) in [5.74, 6) is -2.70. The van der Waals surface area contributed by atoms with Gasteiger partial charge in [-0.2, -0.15) is 0 Å². The van der Waals surface area contributed by atoms with Crippen molar-refractivity contribution in [1.82, 2.24) is 30.6 Å². The number of nitrogens with zero attached hydrogens (tertiary/aromatic N) is 2. The second-order valence-corrected chi connectivity index (χ2v) is 22.6. The average Bonchev–Trinajstić information content (AvgIpc) is 3.61. The third-order valence-corrected chi connectivity index (χ3v) is 16.7. The molecule has 5 heterocycles. The summed E-state index contributed by atoms with van der Waals surface area (Å²) in [4.78, 5) is 83.5. The summed E-state index contributed by atoms with van der Waals surface area (Å²) in [6, 6.07) is 7.72. The third kappa shape index (κ3) is 12.7. The molecular weight excluding hydrogens is 989 g/mol. The first kappa shape index (κ1) is 58.9. The molecule has 8 rings (SSSR count). The summed E-state index contributed by atoms with van der Waals surface area (Å²) in [6.45, 7) is 24.8. The van der Waals surface area contributed by atoms with E-state index < -0.39 is 46.4 Å². The Balaban J connectivity index is 0.00000436. The summed E-state index contributed by atoms with van der Waals surface area (Å²) in [7, 11) is 2.62. The second kappa shape index (κ2) is 24.5. The Morgan fingerprint density at radius 3 is 2.15 bits per heavy atom. The van der Waals surface area contributed by atoms with Crippen LogP contribution in [0.5, 0.6) is 0 Å². The number of nitrogens with one attached hydrogen (secondary N) is 4. The van der Waals surface area contributed by atoms with Crippen molar-refractivity contribution in [3.8, 4) is 0 Å². The first-order chi connectivity index (χ1) is 37.1. The number of hydrogen-bond acceptors (Lipinski definition) is 11. The topological polar surface area (TPSA) is 224 Å². The molecule has 0 aromatic carbocycles. The average molecular weight is 1070 g/mol. The number of fused-ring (bicyclic) bond motifs is 12. The van der Waals surface area contributed by atoms with Crippen molar-refractivity contribution in [2.75, 3.05) is 34.0 Å². The molecular formula is C62H82N6O10. The normalized spacial score (nSPS) is 21.9. The Labute approximate surface area is 459 Å². The van der Waals surface area contributed by atoms with Gasteiger partial charge in [-0.3, -0.25) is 24.2 Å². The van der Waals surface area contributed by atoms with Gasteiger partial charge in [0, 0.05) is 59.2 Å². The summed E-state index contributed by atoms with van der Waals surface area (Å²) < 4.78 is 22.3. The number of methoxy groups -OCH3 is 2. The van der Waals surface area contributed by atoms with Crippen molar-refractivity contribution in [3.63, 3.8) is 0 Å². The lowest BCUT2D eigenvalue weighted by Crippen LogP contribution is -2.46. The van der Waals surface area contributed by atoms with Crippen LogP contribution in [0.3, 0.4) is 0 Å². The van der Waals surface area contributed by atoms with E-state index in [1.165, 1.54) is 14.2 Å². The van der Waals surface area contributed by atoms with Crippen molar-refractivity contribution in [3.05, 3.63) is 94.1 Å². The van der Waals surface area contributed by atoms with E-state index in [0.29, 0.717) is 84.0 Å². The van der Waals surface area contributed by atoms with Crippen molar-refractivity contribution in [2.24, 2.45) is 29.6 Å². The minimum atomic E-state index is -1.20. The van der Waals surface area contributed by atoms with E-state index in [1.807, 2.05) is 99.6 Å². The first-order valence-electron chi connectivity index (χ1n) is 27.8. The number of carbonyl (C=O) groups excluding carboxylic acids is 4. The van der Waals surface area contributed by atoms with Gasteiger partial charge >= 0.3 is 24.0 Å². The van der Waals surface area contributed by atoms with Gasteiger partial charge in [0.05, 0.1) is 66.5 Å². The molecule has 0 radical (unpaired) electrons. The van der Waals surface area contributed by atoms with Crippen LogP contribution in [0.4, 0.5) is 4.79 Å². The predicted molar refractivity (Wildman–Crippen MR) is 305 cm³/mol. The molecule has 420 valence electrons. The summed E-state index contributed by atoms with van der Waals surface area (Å²) >= 11 is 0. The molecule has 8 bridgehead atoms. The Morgan fingerprint density at radius 2 is 1.50 bits per heavy atom. The number of carboxylic acids is 1. The molecule has 2 amide bonds. The highest BCUT2D eigenvalue weighted by Gasteiger charge is 2.56. The molecule has 1 fully saturated rings. The zero-order chi connectivity index (χ0) is 56.9. The number of esters is 2. The molecule has 16 nitrogen and oxygen atoms in total. The maximum absolute atomic E-state index is 13.9. The Hall–Kier alpha value is -6.81. The molecule has 5 N–H and O–H groups in total. The minimum Gasteiger partial charge on any atom is -0.481 e. The molecule has 0 spiro atoms. The number of alkyl carbamates (subject to hydrolysis) is 1. The maximum atomic E-state index is 13.9. The van der Waals surface area contributed by atoms with Gasteiger partial charge in [-0.25, -0.2) is 9.78 Å². The lowest BCUT2D eigenvalue weighted by Gasteiger charge is -2.39. The van der Waals surface area contributed by atoms with Crippen LogP contribution in [0.25, 0.3) is 44.9 Å². The minimum absolute atomic E-state index is 0.0973. The van der Waals surface area contributed by atoms with Crippen LogP contribution in [0, 0.1) is 43.4 Å². The molecule has 16 heteroatoms. The van der Waals surface area contributed by atoms with Crippen LogP contribution in [0.15, 0.2) is 49.1 Å². The quantitative estimate of drug-likeness (QED) is 0.0456. The van der Waals surface area contributed by atoms with E-state index in [-0.39, 0.29) is 37.7 Å². The fourth-order valence-corrected chi connectivity index (χ4v) is 12.0. The third-order valence-electron chi connectivity index (χ3n) is 16.7. The first-order valence-corrected chi connectivity index (χ1v) is 27.8. The van der Waals surface area contributed by atoms with Gasteiger partial charge in [0.25, 0.3) is 0 Å². The molecule has 3 aromatic rings. The Kier molecular flexibility index (Phi) is 18.5. The van der Waals surface area contributed by atoms with Crippen molar-refractivity contribution >= 4 is 74.8 Å². The van der Waals surface area contributed by atoms with Gasteiger partial charge in [-0.15, -0.1) is 0 Å². The van der Waals surface area contributed by atoms with Gasteiger partial charge in [-0.1, -0.05) is 44.7 Å². The number of rotatable bonds is 18. The van der Waals surface area contributed by atoms with E-state index in [1.54, 1.807) is 6.08 Å². The maximum Gasteiger partial charge on any atom is 0.407 e. The van der Waals surface area contributed by atoms with Crippen molar-refractivity contribution in [2.45, 2.75) is 150 Å². The predicted octanol–water partition coefficient (Wildman–Crippen LogP) is 11.5. The number of carboxylic acid groups (broad SMARTS) is 1. The van der Waals surface area contributed by atoms with E-state index in [4.69, 9.17) is 28.9 Å². The SMILES string of the molecule is C=Cc1c(C)c2cc3nc(cc4[nH]c(cc5nc(cc1[nH]2)C(C)=C5CCC(=O)NC(C)(C)CCOC(C)(C)CNC(=O)OCC1C2CC/C=C\CCC21)c(CCC(=O)OC)c4C)C1(C)C3=CCC(C(=O)O)C1C(=O)OC.CC. The number of aryl methyl sites for hydroxylation is 3. The molecule has 3 aliphatic carbocycles. The smallest absolute Gasteiger partial charge is 0.407 e.